The number of carbonyl (C=O) groups excluding carboxylic acids is 4. The zero-order valence-corrected chi connectivity index (χ0v) is 16.9. The predicted octanol–water partition coefficient (Wildman–Crippen LogP) is -6.28. The average Bonchev–Trinajstić information content (AvgIpc) is 2.71. The van der Waals surface area contributed by atoms with Gasteiger partial charge in [-0.3, -0.25) is 24.0 Å². The average molecular weight is 451 g/mol. The van der Waals surface area contributed by atoms with Crippen molar-refractivity contribution in [3.05, 3.63) is 0 Å². The van der Waals surface area contributed by atoms with E-state index in [9.17, 15) is 39.3 Å². The highest BCUT2D eigenvalue weighted by Gasteiger charge is 2.32. The largest absolute Gasteiger partial charge is 0.480 e. The van der Waals surface area contributed by atoms with E-state index in [1.54, 1.807) is 0 Å². The third-order valence-corrected chi connectivity index (χ3v) is 3.96. The summed E-state index contributed by atoms with van der Waals surface area (Å²) in [6.07, 6.45) is -1.47. The lowest BCUT2D eigenvalue weighted by Crippen LogP contribution is -2.61. The highest BCUT2D eigenvalue weighted by atomic mass is 16.4. The lowest BCUT2D eigenvalue weighted by Gasteiger charge is -2.25. The van der Waals surface area contributed by atoms with Crippen molar-refractivity contribution < 1.29 is 49.5 Å². The Kier molecular flexibility index (Phi) is 12.2. The van der Waals surface area contributed by atoms with Gasteiger partial charge in [0.05, 0.1) is 25.9 Å². The summed E-state index contributed by atoms with van der Waals surface area (Å²) < 4.78 is 0. The maximum atomic E-state index is 12.3. The Labute approximate surface area is 177 Å². The summed E-state index contributed by atoms with van der Waals surface area (Å²) in [6.45, 7) is -0.286. The zero-order valence-electron chi connectivity index (χ0n) is 16.9. The molecule has 0 radical (unpaired) electrons. The van der Waals surface area contributed by atoms with Crippen molar-refractivity contribution in [2.45, 2.75) is 50.2 Å². The number of nitrogens with two attached hydrogens (primary N) is 1. The smallest absolute Gasteiger partial charge is 0.325 e. The van der Waals surface area contributed by atoms with Crippen LogP contribution < -0.4 is 27.0 Å². The molecule has 4 amide bonds. The molecule has 6 atom stereocenters. The summed E-state index contributed by atoms with van der Waals surface area (Å²) in [5.41, 5.74) is 5.28. The Hall–Kier alpha value is -2.85. The Morgan fingerprint density at radius 3 is 1.58 bits per heavy atom. The number of aliphatic hydroxyl groups excluding tert-OH is 4. The Bertz CT molecular complexity index is 659. The summed E-state index contributed by atoms with van der Waals surface area (Å²) in [4.78, 5) is 59.1. The van der Waals surface area contributed by atoms with Gasteiger partial charge in [0.2, 0.25) is 23.6 Å². The molecular weight excluding hydrogens is 422 g/mol. The Morgan fingerprint density at radius 2 is 1.19 bits per heavy atom. The van der Waals surface area contributed by atoms with E-state index >= 15 is 0 Å². The van der Waals surface area contributed by atoms with E-state index in [1.807, 2.05) is 10.6 Å². The van der Waals surface area contributed by atoms with Crippen LogP contribution in [0.2, 0.25) is 0 Å². The van der Waals surface area contributed by atoms with Crippen molar-refractivity contribution in [2.75, 3.05) is 19.8 Å². The molecule has 0 bridgehead atoms. The maximum Gasteiger partial charge on any atom is 0.325 e. The lowest BCUT2D eigenvalue weighted by atomic mass is 10.1. The molecule has 0 saturated heterocycles. The molecule has 0 aliphatic heterocycles. The third-order valence-electron chi connectivity index (χ3n) is 3.96. The van der Waals surface area contributed by atoms with Crippen LogP contribution in [-0.4, -0.2) is 111 Å². The van der Waals surface area contributed by atoms with Gasteiger partial charge in [0.1, 0.15) is 30.2 Å². The zero-order chi connectivity index (χ0) is 24.3. The van der Waals surface area contributed by atoms with Crippen LogP contribution in [-0.2, 0) is 24.0 Å². The number of carbonyl (C=O) groups is 5. The Morgan fingerprint density at radius 1 is 0.742 bits per heavy atom. The number of rotatable bonds is 13. The molecule has 178 valence electrons. The van der Waals surface area contributed by atoms with Crippen LogP contribution in [0.25, 0.3) is 0 Å². The highest BCUT2D eigenvalue weighted by molar-refractivity contribution is 5.95. The fourth-order valence-electron chi connectivity index (χ4n) is 2.05. The first-order valence-electron chi connectivity index (χ1n) is 9.10. The molecule has 0 aliphatic rings. The number of amides is 4. The van der Waals surface area contributed by atoms with Gasteiger partial charge in [-0.25, -0.2) is 0 Å². The van der Waals surface area contributed by atoms with E-state index in [4.69, 9.17) is 15.9 Å². The molecule has 0 unspecified atom stereocenters. The van der Waals surface area contributed by atoms with Crippen molar-refractivity contribution >= 4 is 29.6 Å². The maximum absolute atomic E-state index is 12.3. The first kappa shape index (κ1) is 28.1. The molecule has 31 heavy (non-hydrogen) atoms. The summed E-state index contributed by atoms with van der Waals surface area (Å²) in [7, 11) is 0. The van der Waals surface area contributed by atoms with Gasteiger partial charge in [-0.05, 0) is 13.8 Å². The van der Waals surface area contributed by atoms with E-state index in [0.717, 1.165) is 13.8 Å². The van der Waals surface area contributed by atoms with Crippen molar-refractivity contribution in [1.29, 1.82) is 0 Å². The number of carboxylic acid groups (broad SMARTS) is 1. The topological polar surface area (TPSA) is 261 Å². The lowest BCUT2D eigenvalue weighted by molar-refractivity contribution is -0.142. The fourth-order valence-corrected chi connectivity index (χ4v) is 2.05. The minimum atomic E-state index is -1.66. The number of carboxylic acids is 1. The van der Waals surface area contributed by atoms with Gasteiger partial charge in [0.25, 0.3) is 0 Å². The minimum absolute atomic E-state index is 0.726. The number of aliphatic hydroxyl groups is 4. The van der Waals surface area contributed by atoms with E-state index in [2.05, 4.69) is 10.6 Å². The first-order valence-corrected chi connectivity index (χ1v) is 9.10. The molecule has 0 aromatic carbocycles. The van der Waals surface area contributed by atoms with Gasteiger partial charge in [-0.1, -0.05) is 0 Å². The normalized spacial score (nSPS) is 16.6. The standard InChI is InChI=1S/C16H29N5O10/c1-6(16(30)31)18-15(29)11(7(2)25)21-14(28)10(5-24)20-13(27)9(4-23)19-12(26)8(17)3-22/h6-11,22-25H,3-5,17H2,1-2H3,(H,18,29)(H,19,26)(H,20,27)(H,21,28)(H,30,31)/t6-,7+,8-,9-,10-,11-/m0/s1. The second kappa shape index (κ2) is 13.5. The van der Waals surface area contributed by atoms with Crippen molar-refractivity contribution in [2.24, 2.45) is 5.73 Å². The third kappa shape index (κ3) is 9.22. The molecular formula is C16H29N5O10. The number of hydrogen-bond acceptors (Lipinski definition) is 10. The molecule has 0 heterocycles. The Balaban J connectivity index is 5.17. The number of hydrogen-bond donors (Lipinski definition) is 10. The van der Waals surface area contributed by atoms with E-state index in [-0.39, 0.29) is 0 Å². The monoisotopic (exact) mass is 451 g/mol. The van der Waals surface area contributed by atoms with Crippen molar-refractivity contribution in [3.8, 4) is 0 Å². The molecule has 15 heteroatoms. The van der Waals surface area contributed by atoms with Gasteiger partial charge in [-0.15, -0.1) is 0 Å². The molecule has 0 aromatic heterocycles. The van der Waals surface area contributed by atoms with Crippen LogP contribution >= 0.6 is 0 Å². The van der Waals surface area contributed by atoms with Crippen molar-refractivity contribution in [3.63, 3.8) is 0 Å². The van der Waals surface area contributed by atoms with Crippen LogP contribution in [0.15, 0.2) is 0 Å². The van der Waals surface area contributed by atoms with Crippen LogP contribution in [0.4, 0.5) is 0 Å². The molecule has 0 saturated carbocycles. The fraction of sp³-hybridized carbons (Fsp3) is 0.688. The van der Waals surface area contributed by atoms with E-state index in [1.165, 1.54) is 0 Å². The summed E-state index contributed by atoms with van der Waals surface area (Å²) >= 11 is 0. The summed E-state index contributed by atoms with van der Waals surface area (Å²) in [6, 6.07) is -7.53. The second-order valence-corrected chi connectivity index (χ2v) is 6.57. The van der Waals surface area contributed by atoms with Crippen LogP contribution in [0.3, 0.4) is 0 Å². The van der Waals surface area contributed by atoms with Gasteiger partial charge >= 0.3 is 5.97 Å². The first-order chi connectivity index (χ1) is 14.4. The molecule has 0 rings (SSSR count). The molecule has 0 spiro atoms. The van der Waals surface area contributed by atoms with Gasteiger partial charge < -0.3 is 52.5 Å². The van der Waals surface area contributed by atoms with Gasteiger partial charge in [-0.2, -0.15) is 0 Å². The predicted molar refractivity (Wildman–Crippen MR) is 102 cm³/mol. The van der Waals surface area contributed by atoms with E-state index < -0.39 is 85.7 Å². The van der Waals surface area contributed by atoms with Crippen molar-refractivity contribution in [1.82, 2.24) is 21.3 Å². The minimum Gasteiger partial charge on any atom is -0.480 e. The number of aliphatic carboxylic acids is 1. The highest BCUT2D eigenvalue weighted by Crippen LogP contribution is 1.98. The molecule has 0 aromatic rings. The van der Waals surface area contributed by atoms with Gasteiger partial charge in [0.15, 0.2) is 0 Å². The van der Waals surface area contributed by atoms with Gasteiger partial charge in [0, 0.05) is 0 Å². The molecule has 11 N–H and O–H groups in total. The quantitative estimate of drug-likeness (QED) is 0.126. The SMILES string of the molecule is C[C@H](NC(=O)[C@@H](NC(=O)[C@H](CO)NC(=O)[C@H](CO)NC(=O)[C@@H](N)CO)[C@@H](C)O)C(=O)O. The van der Waals surface area contributed by atoms with E-state index in [0.29, 0.717) is 0 Å². The van der Waals surface area contributed by atoms with Crippen LogP contribution in [0.5, 0.6) is 0 Å². The molecule has 0 fully saturated rings. The second-order valence-electron chi connectivity index (χ2n) is 6.57. The summed E-state index contributed by atoms with van der Waals surface area (Å²) in [5.74, 6) is -5.55. The van der Waals surface area contributed by atoms with Crippen LogP contribution in [0.1, 0.15) is 13.8 Å². The molecule has 0 aliphatic carbocycles. The van der Waals surface area contributed by atoms with Crippen LogP contribution in [0, 0.1) is 0 Å². The summed E-state index contributed by atoms with van der Waals surface area (Å²) in [5, 5.41) is 54.2. The molecule has 15 nitrogen and oxygen atoms in total. The number of nitrogens with one attached hydrogen (secondary N) is 4.